The number of hydrogen-bond donors (Lipinski definition) is 1. The lowest BCUT2D eigenvalue weighted by molar-refractivity contribution is 0.194. The van der Waals surface area contributed by atoms with E-state index in [2.05, 4.69) is 22.3 Å². The molecule has 0 saturated carbocycles. The Morgan fingerprint density at radius 3 is 2.26 bits per heavy atom. The molecule has 3 rings (SSSR count). The zero-order valence-corrected chi connectivity index (χ0v) is 15.8. The van der Waals surface area contributed by atoms with Crippen molar-refractivity contribution in [1.29, 1.82) is 0 Å². The number of urea groups is 1. The largest absolute Gasteiger partial charge is 0.491 e. The quantitative estimate of drug-likeness (QED) is 0.873. The van der Waals surface area contributed by atoms with Gasteiger partial charge in [-0.25, -0.2) is 9.18 Å². The van der Waals surface area contributed by atoms with Gasteiger partial charge >= 0.3 is 6.03 Å². The fourth-order valence-electron chi connectivity index (χ4n) is 3.07. The summed E-state index contributed by atoms with van der Waals surface area (Å²) in [5.74, 6) is 0.595. The lowest BCUT2D eigenvalue weighted by Crippen LogP contribution is -2.51. The van der Waals surface area contributed by atoms with E-state index in [4.69, 9.17) is 4.74 Å². The first-order valence-electron chi connectivity index (χ1n) is 9.30. The van der Waals surface area contributed by atoms with Gasteiger partial charge in [-0.15, -0.1) is 0 Å². The minimum atomic E-state index is -0.273. The van der Waals surface area contributed by atoms with Crippen LogP contribution < -0.4 is 15.0 Å². The molecule has 27 heavy (non-hydrogen) atoms. The first kappa shape index (κ1) is 19.0. The molecule has 1 aliphatic rings. The van der Waals surface area contributed by atoms with E-state index in [9.17, 15) is 9.18 Å². The standard InChI is InChI=1S/C21H26FN3O2/c1-16(2)27-20-9-7-19(8-10-20)24-11-13-25(14-12-24)21(26)23-15-17-3-5-18(22)6-4-17/h3-10,16H,11-15H2,1-2H3,(H,23,26). The van der Waals surface area contributed by atoms with Gasteiger partial charge in [0.25, 0.3) is 0 Å². The van der Waals surface area contributed by atoms with Crippen molar-refractivity contribution >= 4 is 11.7 Å². The van der Waals surface area contributed by atoms with Crippen LogP contribution in [0.2, 0.25) is 0 Å². The molecular formula is C21H26FN3O2. The number of nitrogens with zero attached hydrogens (tertiary/aromatic N) is 2. The van der Waals surface area contributed by atoms with Crippen molar-refractivity contribution in [2.75, 3.05) is 31.1 Å². The van der Waals surface area contributed by atoms with Crippen LogP contribution in [0.3, 0.4) is 0 Å². The summed E-state index contributed by atoms with van der Waals surface area (Å²) in [6, 6.07) is 14.2. The Kier molecular flexibility index (Phi) is 6.16. The first-order chi connectivity index (χ1) is 13.0. The summed E-state index contributed by atoms with van der Waals surface area (Å²) in [6.07, 6.45) is 0.160. The summed E-state index contributed by atoms with van der Waals surface area (Å²) in [6.45, 7) is 7.32. The van der Waals surface area contributed by atoms with E-state index in [1.54, 1.807) is 12.1 Å². The van der Waals surface area contributed by atoms with Crippen LogP contribution in [0.4, 0.5) is 14.9 Å². The third-order valence-corrected chi connectivity index (χ3v) is 4.50. The lowest BCUT2D eigenvalue weighted by atomic mass is 10.2. The van der Waals surface area contributed by atoms with Gasteiger partial charge in [0.1, 0.15) is 11.6 Å². The third-order valence-electron chi connectivity index (χ3n) is 4.50. The highest BCUT2D eigenvalue weighted by atomic mass is 19.1. The molecule has 0 unspecified atom stereocenters. The van der Waals surface area contributed by atoms with Crippen molar-refractivity contribution in [2.45, 2.75) is 26.5 Å². The Labute approximate surface area is 159 Å². The fraction of sp³-hybridized carbons (Fsp3) is 0.381. The summed E-state index contributed by atoms with van der Waals surface area (Å²) in [7, 11) is 0. The molecule has 0 atom stereocenters. The van der Waals surface area contributed by atoms with Gasteiger partial charge in [0.2, 0.25) is 0 Å². The summed E-state index contributed by atoms with van der Waals surface area (Å²) in [4.78, 5) is 16.4. The van der Waals surface area contributed by atoms with Crippen LogP contribution in [0.25, 0.3) is 0 Å². The fourth-order valence-corrected chi connectivity index (χ4v) is 3.07. The van der Waals surface area contributed by atoms with E-state index in [1.807, 2.05) is 30.9 Å². The van der Waals surface area contributed by atoms with E-state index < -0.39 is 0 Å². The maximum absolute atomic E-state index is 12.9. The van der Waals surface area contributed by atoms with E-state index >= 15 is 0 Å². The second kappa shape index (κ2) is 8.75. The number of nitrogens with one attached hydrogen (secondary N) is 1. The minimum absolute atomic E-state index is 0.0837. The van der Waals surface area contributed by atoms with Crippen molar-refractivity contribution in [1.82, 2.24) is 10.2 Å². The Hall–Kier alpha value is -2.76. The van der Waals surface area contributed by atoms with Crippen molar-refractivity contribution in [2.24, 2.45) is 0 Å². The number of rotatable bonds is 5. The van der Waals surface area contributed by atoms with Gasteiger partial charge in [0.15, 0.2) is 0 Å². The molecule has 1 fully saturated rings. The highest BCUT2D eigenvalue weighted by Crippen LogP contribution is 2.21. The molecule has 2 amide bonds. The molecule has 1 aliphatic heterocycles. The van der Waals surface area contributed by atoms with Crippen LogP contribution in [0.1, 0.15) is 19.4 Å². The monoisotopic (exact) mass is 371 g/mol. The van der Waals surface area contributed by atoms with Gasteiger partial charge in [-0.3, -0.25) is 0 Å². The molecule has 0 aromatic heterocycles. The van der Waals surface area contributed by atoms with Gasteiger partial charge in [0, 0.05) is 38.4 Å². The van der Waals surface area contributed by atoms with Crippen LogP contribution >= 0.6 is 0 Å². The average Bonchev–Trinajstić information content (AvgIpc) is 2.67. The van der Waals surface area contributed by atoms with Crippen molar-refractivity contribution < 1.29 is 13.9 Å². The number of piperazine rings is 1. The number of amides is 2. The molecule has 0 spiro atoms. The normalized spacial score (nSPS) is 14.4. The Bertz CT molecular complexity index is 739. The Balaban J connectivity index is 1.46. The number of anilines is 1. The zero-order valence-electron chi connectivity index (χ0n) is 15.8. The lowest BCUT2D eigenvalue weighted by Gasteiger charge is -2.36. The smallest absolute Gasteiger partial charge is 0.317 e. The summed E-state index contributed by atoms with van der Waals surface area (Å²) < 4.78 is 18.6. The number of halogens is 1. The third kappa shape index (κ3) is 5.36. The molecular weight excluding hydrogens is 345 g/mol. The van der Waals surface area contributed by atoms with Gasteiger partial charge in [-0.1, -0.05) is 12.1 Å². The molecule has 1 heterocycles. The zero-order chi connectivity index (χ0) is 19.2. The minimum Gasteiger partial charge on any atom is -0.491 e. The molecule has 144 valence electrons. The predicted molar refractivity (Wildman–Crippen MR) is 105 cm³/mol. The molecule has 1 saturated heterocycles. The van der Waals surface area contributed by atoms with Crippen LogP contribution in [0, 0.1) is 5.82 Å². The van der Waals surface area contributed by atoms with E-state index in [1.165, 1.54) is 12.1 Å². The molecule has 6 heteroatoms. The van der Waals surface area contributed by atoms with Crippen LogP contribution in [-0.2, 0) is 6.54 Å². The summed E-state index contributed by atoms with van der Waals surface area (Å²) in [5.41, 5.74) is 2.02. The van der Waals surface area contributed by atoms with E-state index in [0.29, 0.717) is 19.6 Å². The Morgan fingerprint density at radius 1 is 1.04 bits per heavy atom. The highest BCUT2D eigenvalue weighted by molar-refractivity contribution is 5.74. The number of hydrogen-bond acceptors (Lipinski definition) is 3. The molecule has 5 nitrogen and oxygen atoms in total. The topological polar surface area (TPSA) is 44.8 Å². The van der Waals surface area contributed by atoms with Crippen LogP contribution in [0.15, 0.2) is 48.5 Å². The van der Waals surface area contributed by atoms with Crippen molar-refractivity contribution in [3.8, 4) is 5.75 Å². The van der Waals surface area contributed by atoms with Gasteiger partial charge in [-0.05, 0) is 55.8 Å². The number of carbonyl (C=O) groups excluding carboxylic acids is 1. The Morgan fingerprint density at radius 2 is 1.67 bits per heavy atom. The molecule has 0 bridgehead atoms. The first-order valence-corrected chi connectivity index (χ1v) is 9.30. The summed E-state index contributed by atoms with van der Waals surface area (Å²) >= 11 is 0. The van der Waals surface area contributed by atoms with E-state index in [-0.39, 0.29) is 18.0 Å². The number of carbonyl (C=O) groups is 1. The average molecular weight is 371 g/mol. The second-order valence-corrected chi connectivity index (χ2v) is 6.92. The molecule has 0 radical (unpaired) electrons. The molecule has 2 aromatic rings. The predicted octanol–water partition coefficient (Wildman–Crippen LogP) is 3.64. The SMILES string of the molecule is CC(C)Oc1ccc(N2CCN(C(=O)NCc3ccc(F)cc3)CC2)cc1. The molecule has 1 N–H and O–H groups in total. The number of ether oxygens (including phenoxy) is 1. The van der Waals surface area contributed by atoms with E-state index in [0.717, 1.165) is 30.1 Å². The van der Waals surface area contributed by atoms with Crippen LogP contribution in [0.5, 0.6) is 5.75 Å². The summed E-state index contributed by atoms with van der Waals surface area (Å²) in [5, 5.41) is 2.90. The second-order valence-electron chi connectivity index (χ2n) is 6.92. The highest BCUT2D eigenvalue weighted by Gasteiger charge is 2.21. The van der Waals surface area contributed by atoms with Crippen molar-refractivity contribution in [3.05, 3.63) is 59.9 Å². The van der Waals surface area contributed by atoms with Crippen molar-refractivity contribution in [3.63, 3.8) is 0 Å². The molecule has 0 aliphatic carbocycles. The van der Waals surface area contributed by atoms with Crippen LogP contribution in [-0.4, -0.2) is 43.2 Å². The number of benzene rings is 2. The maximum atomic E-state index is 12.9. The van der Waals surface area contributed by atoms with Gasteiger partial charge < -0.3 is 19.9 Å². The molecule has 2 aromatic carbocycles. The van der Waals surface area contributed by atoms with Gasteiger partial charge in [0.05, 0.1) is 6.10 Å². The van der Waals surface area contributed by atoms with Gasteiger partial charge in [-0.2, -0.15) is 0 Å². The maximum Gasteiger partial charge on any atom is 0.317 e.